The molecule has 7 aromatic carbocycles. The molecule has 0 saturated carbocycles. The van der Waals surface area contributed by atoms with Crippen LogP contribution < -0.4 is 14.5 Å². The van der Waals surface area contributed by atoms with Gasteiger partial charge < -0.3 is 14.5 Å². The van der Waals surface area contributed by atoms with Gasteiger partial charge in [0.1, 0.15) is 35.6 Å². The second kappa shape index (κ2) is 15.3. The minimum atomic E-state index is -0.622. The van der Waals surface area contributed by atoms with Gasteiger partial charge in [-0.05, 0) is 99.8 Å². The van der Waals surface area contributed by atoms with Crippen LogP contribution in [0.3, 0.4) is 0 Å². The molecule has 10 rings (SSSR count). The van der Waals surface area contributed by atoms with E-state index in [-0.39, 0.29) is 10.8 Å². The number of para-hydroxylation sites is 4. The Hall–Kier alpha value is -7.25. The van der Waals surface area contributed by atoms with E-state index >= 15 is 0 Å². The Kier molecular flexibility index (Phi) is 9.67. The van der Waals surface area contributed by atoms with Crippen LogP contribution in [0.5, 0.6) is 11.5 Å². The van der Waals surface area contributed by atoms with Crippen molar-refractivity contribution in [3.63, 3.8) is 0 Å². The summed E-state index contributed by atoms with van der Waals surface area (Å²) in [5, 5.41) is 2.27. The van der Waals surface area contributed by atoms with Gasteiger partial charge in [-0.1, -0.05) is 120 Å². The zero-order chi connectivity index (χ0) is 43.6. The molecule has 0 unspecified atom stereocenters. The van der Waals surface area contributed by atoms with Gasteiger partial charge in [0, 0.05) is 52.0 Å². The van der Waals surface area contributed by atoms with Gasteiger partial charge in [-0.15, -0.1) is 0 Å². The number of hydrogen-bond donors (Lipinski definition) is 0. The van der Waals surface area contributed by atoms with E-state index in [1.54, 1.807) is 0 Å². The maximum atomic E-state index is 14.9. The fourth-order valence-corrected chi connectivity index (χ4v) is 8.89. The molecule has 7 heteroatoms. The minimum absolute atomic E-state index is 0.0400. The molecule has 0 radical (unpaired) electrons. The van der Waals surface area contributed by atoms with Crippen LogP contribution in [-0.4, -0.2) is 16.2 Å². The maximum Gasteiger partial charge on any atom is 0.137 e. The third-order valence-electron chi connectivity index (χ3n) is 12.1. The van der Waals surface area contributed by atoms with Crippen LogP contribution in [0.4, 0.5) is 31.5 Å². The predicted octanol–water partition coefficient (Wildman–Crippen LogP) is 15.4. The molecular weight excluding hydrogens is 783 g/mol. The highest BCUT2D eigenvalue weighted by Crippen LogP contribution is 2.51. The molecule has 63 heavy (non-hydrogen) atoms. The van der Waals surface area contributed by atoms with Crippen molar-refractivity contribution in [2.75, 3.05) is 16.5 Å². The molecule has 0 amide bonds. The number of fused-ring (bicyclic) bond motifs is 4. The topological polar surface area (TPSA) is 33.5 Å². The van der Waals surface area contributed by atoms with Crippen molar-refractivity contribution in [3.8, 4) is 39.6 Å². The largest absolute Gasteiger partial charge is 0.457 e. The van der Waals surface area contributed by atoms with Crippen LogP contribution in [0.25, 0.3) is 49.9 Å². The molecule has 0 bridgehead atoms. The van der Waals surface area contributed by atoms with Crippen molar-refractivity contribution in [1.82, 2.24) is 9.55 Å². The molecule has 0 fully saturated rings. The summed E-state index contributed by atoms with van der Waals surface area (Å²) in [6.45, 7) is 13.7. The standard InChI is InChI=1S/C56H48F2N4O/c1-55(2,3)38-25-26-59-53(31-38)62-49-20-11-10-17-47(49)48-24-23-43(34-52(48)62)63-44-30-39(56(4,5)6)29-42(33-44)60-35-61(51-22-13-12-21-50(51)60)54-45(36-15-8-7-9-16-36)18-14-19-46(54)37-27-40(57)32-41(58)28-37/h7-34H,35H2,1-6H3. The predicted molar refractivity (Wildman–Crippen MR) is 255 cm³/mol. The first kappa shape index (κ1) is 39.9. The molecule has 0 N–H and O–H groups in total. The van der Waals surface area contributed by atoms with E-state index in [1.807, 2.05) is 54.7 Å². The summed E-state index contributed by atoms with van der Waals surface area (Å²) in [6.07, 6.45) is 1.90. The maximum absolute atomic E-state index is 14.9. The Bertz CT molecular complexity index is 3180. The smallest absolute Gasteiger partial charge is 0.137 e. The molecule has 0 spiro atoms. The summed E-state index contributed by atoms with van der Waals surface area (Å²) in [7, 11) is 0. The van der Waals surface area contributed by atoms with Gasteiger partial charge >= 0.3 is 0 Å². The van der Waals surface area contributed by atoms with Crippen LogP contribution >= 0.6 is 0 Å². The van der Waals surface area contributed by atoms with Gasteiger partial charge in [-0.2, -0.15) is 0 Å². The molecule has 1 aliphatic heterocycles. The zero-order valence-corrected chi connectivity index (χ0v) is 36.3. The van der Waals surface area contributed by atoms with E-state index in [9.17, 15) is 8.78 Å². The summed E-state index contributed by atoms with van der Waals surface area (Å²) < 4.78 is 38.9. The van der Waals surface area contributed by atoms with Crippen LogP contribution in [0.1, 0.15) is 52.7 Å². The highest BCUT2D eigenvalue weighted by molar-refractivity contribution is 6.09. The lowest BCUT2D eigenvalue weighted by Crippen LogP contribution is -2.25. The van der Waals surface area contributed by atoms with Crippen LogP contribution in [0.15, 0.2) is 170 Å². The Labute approximate surface area is 367 Å². The van der Waals surface area contributed by atoms with Crippen LogP contribution in [0.2, 0.25) is 0 Å². The summed E-state index contributed by atoms with van der Waals surface area (Å²) in [4.78, 5) is 9.44. The van der Waals surface area contributed by atoms with Crippen molar-refractivity contribution < 1.29 is 13.5 Å². The Morgan fingerprint density at radius 2 is 1.16 bits per heavy atom. The molecular formula is C56H48F2N4O. The van der Waals surface area contributed by atoms with E-state index in [0.717, 1.165) is 78.7 Å². The van der Waals surface area contributed by atoms with Crippen LogP contribution in [-0.2, 0) is 10.8 Å². The van der Waals surface area contributed by atoms with E-state index in [2.05, 4.69) is 153 Å². The number of hydrogen-bond acceptors (Lipinski definition) is 4. The van der Waals surface area contributed by atoms with Gasteiger partial charge in [0.15, 0.2) is 0 Å². The van der Waals surface area contributed by atoms with E-state index < -0.39 is 11.6 Å². The second-order valence-electron chi connectivity index (χ2n) is 18.5. The lowest BCUT2D eigenvalue weighted by Gasteiger charge is -2.28. The molecule has 3 heterocycles. The van der Waals surface area contributed by atoms with Crippen molar-refractivity contribution >= 4 is 44.6 Å². The molecule has 2 aromatic heterocycles. The average molecular weight is 831 g/mol. The lowest BCUT2D eigenvalue weighted by atomic mass is 9.86. The summed E-state index contributed by atoms with van der Waals surface area (Å²) in [5.41, 5.74) is 11.1. The van der Waals surface area contributed by atoms with E-state index in [4.69, 9.17) is 9.72 Å². The molecule has 0 saturated heterocycles. The normalized spacial score (nSPS) is 13.0. The monoisotopic (exact) mass is 830 g/mol. The highest BCUT2D eigenvalue weighted by Gasteiger charge is 2.32. The fraction of sp³-hybridized carbons (Fsp3) is 0.161. The molecule has 1 aliphatic rings. The van der Waals surface area contributed by atoms with E-state index in [0.29, 0.717) is 23.7 Å². The summed E-state index contributed by atoms with van der Waals surface area (Å²) in [5.74, 6) is 1.04. The Balaban J connectivity index is 1.09. The number of aromatic nitrogens is 2. The first-order valence-corrected chi connectivity index (χ1v) is 21.4. The van der Waals surface area contributed by atoms with Crippen LogP contribution in [0, 0.1) is 11.6 Å². The molecule has 0 atom stereocenters. The van der Waals surface area contributed by atoms with Crippen molar-refractivity contribution in [1.29, 1.82) is 0 Å². The quantitative estimate of drug-likeness (QED) is 0.160. The minimum Gasteiger partial charge on any atom is -0.457 e. The third-order valence-corrected chi connectivity index (χ3v) is 12.1. The second-order valence-corrected chi connectivity index (χ2v) is 18.5. The average Bonchev–Trinajstić information content (AvgIpc) is 3.81. The first-order chi connectivity index (χ1) is 30.3. The van der Waals surface area contributed by atoms with E-state index in [1.165, 1.54) is 17.7 Å². The zero-order valence-electron chi connectivity index (χ0n) is 36.3. The number of anilines is 4. The Morgan fingerprint density at radius 3 is 1.89 bits per heavy atom. The molecule has 9 aromatic rings. The third kappa shape index (κ3) is 7.37. The van der Waals surface area contributed by atoms with Crippen molar-refractivity contribution in [2.24, 2.45) is 0 Å². The molecule has 312 valence electrons. The molecule has 0 aliphatic carbocycles. The number of benzene rings is 7. The van der Waals surface area contributed by atoms with Gasteiger partial charge in [0.2, 0.25) is 0 Å². The fourth-order valence-electron chi connectivity index (χ4n) is 8.89. The first-order valence-electron chi connectivity index (χ1n) is 21.4. The molecule has 5 nitrogen and oxygen atoms in total. The summed E-state index contributed by atoms with van der Waals surface area (Å²) >= 11 is 0. The number of pyridine rings is 1. The van der Waals surface area contributed by atoms with Gasteiger partial charge in [0.05, 0.1) is 28.1 Å². The lowest BCUT2D eigenvalue weighted by molar-refractivity contribution is 0.479. The van der Waals surface area contributed by atoms with Gasteiger partial charge in [-0.25, -0.2) is 13.8 Å². The van der Waals surface area contributed by atoms with Gasteiger partial charge in [-0.3, -0.25) is 4.57 Å². The number of ether oxygens (including phenoxy) is 1. The Morgan fingerprint density at radius 1 is 0.508 bits per heavy atom. The number of rotatable bonds is 7. The highest BCUT2D eigenvalue weighted by atomic mass is 19.1. The van der Waals surface area contributed by atoms with Crippen molar-refractivity contribution in [3.05, 3.63) is 193 Å². The number of nitrogens with zero attached hydrogens (tertiary/aromatic N) is 4. The SMILES string of the molecule is CC(C)(C)c1cc(Oc2ccc3c4ccccc4n(-c4cc(C(C)(C)C)ccn4)c3c2)cc(N2CN(c3c(-c4ccccc4)cccc3-c3cc(F)cc(F)c3)c3ccccc32)c1. The number of halogens is 2. The summed E-state index contributed by atoms with van der Waals surface area (Å²) in [6, 6.07) is 53.7. The van der Waals surface area contributed by atoms with Gasteiger partial charge in [0.25, 0.3) is 0 Å². The van der Waals surface area contributed by atoms with Crippen molar-refractivity contribution in [2.45, 2.75) is 52.4 Å².